The van der Waals surface area contributed by atoms with E-state index in [1.54, 1.807) is 6.92 Å². The standard InChI is InChI=1S/C15H17FO4/c1-2-19-15(18)13(12-4-3-9-20-12)14(17)10-5-7-11(16)8-6-10/h5-8,12-13H,2-4,9H2,1H3. The van der Waals surface area contributed by atoms with Crippen LogP contribution in [-0.4, -0.2) is 31.1 Å². The maximum absolute atomic E-state index is 12.9. The highest BCUT2D eigenvalue weighted by Gasteiger charge is 2.38. The van der Waals surface area contributed by atoms with E-state index in [4.69, 9.17) is 9.47 Å². The molecule has 0 spiro atoms. The Kier molecular flexibility index (Phi) is 4.84. The van der Waals surface area contributed by atoms with Crippen molar-refractivity contribution in [2.24, 2.45) is 5.92 Å². The minimum absolute atomic E-state index is 0.207. The summed E-state index contributed by atoms with van der Waals surface area (Å²) in [6.07, 6.45) is 1.01. The van der Waals surface area contributed by atoms with Crippen molar-refractivity contribution in [3.05, 3.63) is 35.6 Å². The first-order valence-electron chi connectivity index (χ1n) is 6.71. The summed E-state index contributed by atoms with van der Waals surface area (Å²) in [4.78, 5) is 24.5. The molecule has 0 N–H and O–H groups in total. The summed E-state index contributed by atoms with van der Waals surface area (Å²) in [5, 5.41) is 0. The summed E-state index contributed by atoms with van der Waals surface area (Å²) >= 11 is 0. The Labute approximate surface area is 116 Å². The van der Waals surface area contributed by atoms with E-state index in [1.807, 2.05) is 0 Å². The van der Waals surface area contributed by atoms with Crippen LogP contribution in [0.2, 0.25) is 0 Å². The van der Waals surface area contributed by atoms with Gasteiger partial charge in [0.1, 0.15) is 11.7 Å². The van der Waals surface area contributed by atoms with Gasteiger partial charge in [-0.2, -0.15) is 0 Å². The van der Waals surface area contributed by atoms with Crippen LogP contribution in [0, 0.1) is 11.7 Å². The highest BCUT2D eigenvalue weighted by atomic mass is 19.1. The average molecular weight is 280 g/mol. The monoisotopic (exact) mass is 280 g/mol. The highest BCUT2D eigenvalue weighted by molar-refractivity contribution is 6.09. The van der Waals surface area contributed by atoms with Crippen molar-refractivity contribution in [3.8, 4) is 0 Å². The van der Waals surface area contributed by atoms with Gasteiger partial charge in [-0.1, -0.05) is 0 Å². The second kappa shape index (κ2) is 6.61. The van der Waals surface area contributed by atoms with Crippen LogP contribution in [0.4, 0.5) is 4.39 Å². The van der Waals surface area contributed by atoms with Crippen LogP contribution in [0.5, 0.6) is 0 Å². The van der Waals surface area contributed by atoms with E-state index in [0.29, 0.717) is 18.6 Å². The molecule has 1 fully saturated rings. The molecule has 0 saturated carbocycles. The van der Waals surface area contributed by atoms with Crippen molar-refractivity contribution in [2.45, 2.75) is 25.9 Å². The average Bonchev–Trinajstić information content (AvgIpc) is 2.94. The summed E-state index contributed by atoms with van der Waals surface area (Å²) in [7, 11) is 0. The van der Waals surface area contributed by atoms with Gasteiger partial charge in [-0.15, -0.1) is 0 Å². The van der Waals surface area contributed by atoms with E-state index >= 15 is 0 Å². The molecule has 0 aliphatic carbocycles. The predicted molar refractivity (Wildman–Crippen MR) is 69.8 cm³/mol. The van der Waals surface area contributed by atoms with Crippen LogP contribution in [0.1, 0.15) is 30.1 Å². The number of esters is 1. The SMILES string of the molecule is CCOC(=O)C(C(=O)c1ccc(F)cc1)C1CCCO1. The molecule has 0 amide bonds. The molecule has 1 heterocycles. The molecule has 1 saturated heterocycles. The van der Waals surface area contributed by atoms with Crippen LogP contribution in [0.25, 0.3) is 0 Å². The number of carbonyl (C=O) groups is 2. The maximum Gasteiger partial charge on any atom is 0.319 e. The molecule has 0 aromatic heterocycles. The normalized spacial score (nSPS) is 19.6. The molecule has 1 aliphatic heterocycles. The van der Waals surface area contributed by atoms with Gasteiger partial charge in [0.15, 0.2) is 5.78 Å². The second-order valence-electron chi connectivity index (χ2n) is 4.65. The fourth-order valence-corrected chi connectivity index (χ4v) is 2.32. The van der Waals surface area contributed by atoms with Gasteiger partial charge in [0, 0.05) is 12.2 Å². The summed E-state index contributed by atoms with van der Waals surface area (Å²) in [6.45, 7) is 2.43. The zero-order valence-electron chi connectivity index (χ0n) is 11.3. The molecule has 1 aromatic rings. The molecule has 1 aromatic carbocycles. The van der Waals surface area contributed by atoms with Gasteiger partial charge < -0.3 is 9.47 Å². The lowest BCUT2D eigenvalue weighted by Crippen LogP contribution is -2.36. The van der Waals surface area contributed by atoms with Crippen molar-refractivity contribution >= 4 is 11.8 Å². The minimum Gasteiger partial charge on any atom is -0.465 e. The summed E-state index contributed by atoms with van der Waals surface area (Å²) in [6, 6.07) is 5.15. The van der Waals surface area contributed by atoms with Gasteiger partial charge in [-0.05, 0) is 44.0 Å². The minimum atomic E-state index is -0.970. The number of rotatable bonds is 5. The summed E-state index contributed by atoms with van der Waals surface area (Å²) in [5.74, 6) is -2.35. The number of Topliss-reactive ketones (excluding diaryl/α,β-unsaturated/α-hetero) is 1. The first-order chi connectivity index (χ1) is 9.63. The van der Waals surface area contributed by atoms with Crippen molar-refractivity contribution in [1.29, 1.82) is 0 Å². The van der Waals surface area contributed by atoms with Gasteiger partial charge in [-0.25, -0.2) is 4.39 Å². The predicted octanol–water partition coefficient (Wildman–Crippen LogP) is 2.37. The van der Waals surface area contributed by atoms with Crippen molar-refractivity contribution in [2.75, 3.05) is 13.2 Å². The summed E-state index contributed by atoms with van der Waals surface area (Å²) < 4.78 is 23.3. The number of ether oxygens (including phenoxy) is 2. The van der Waals surface area contributed by atoms with Gasteiger partial charge in [0.25, 0.3) is 0 Å². The van der Waals surface area contributed by atoms with Crippen LogP contribution in [0.15, 0.2) is 24.3 Å². The van der Waals surface area contributed by atoms with Crippen LogP contribution >= 0.6 is 0 Å². The Morgan fingerprint density at radius 2 is 2.10 bits per heavy atom. The van der Waals surface area contributed by atoms with E-state index in [0.717, 1.165) is 6.42 Å². The lowest BCUT2D eigenvalue weighted by Gasteiger charge is -2.20. The molecular weight excluding hydrogens is 263 g/mol. The number of halogens is 1. The zero-order valence-corrected chi connectivity index (χ0v) is 11.3. The molecule has 20 heavy (non-hydrogen) atoms. The lowest BCUT2D eigenvalue weighted by atomic mass is 9.91. The molecule has 1 aliphatic rings. The quantitative estimate of drug-likeness (QED) is 0.472. The van der Waals surface area contributed by atoms with Crippen molar-refractivity contribution in [1.82, 2.24) is 0 Å². The first kappa shape index (κ1) is 14.7. The molecule has 0 radical (unpaired) electrons. The number of benzene rings is 1. The number of ketones is 1. The molecular formula is C15H17FO4. The zero-order chi connectivity index (χ0) is 14.5. The van der Waals surface area contributed by atoms with E-state index in [2.05, 4.69) is 0 Å². The van der Waals surface area contributed by atoms with Gasteiger partial charge in [-0.3, -0.25) is 9.59 Å². The van der Waals surface area contributed by atoms with E-state index in [1.165, 1.54) is 24.3 Å². The number of hydrogen-bond acceptors (Lipinski definition) is 4. The molecule has 5 heteroatoms. The molecule has 2 rings (SSSR count). The smallest absolute Gasteiger partial charge is 0.319 e. The van der Waals surface area contributed by atoms with E-state index in [-0.39, 0.29) is 12.4 Å². The number of carbonyl (C=O) groups excluding carboxylic acids is 2. The largest absolute Gasteiger partial charge is 0.465 e. The van der Waals surface area contributed by atoms with Crippen LogP contribution in [0.3, 0.4) is 0 Å². The Morgan fingerprint density at radius 3 is 2.65 bits per heavy atom. The third kappa shape index (κ3) is 3.22. The van der Waals surface area contributed by atoms with Crippen LogP contribution in [-0.2, 0) is 14.3 Å². The molecule has 108 valence electrons. The number of hydrogen-bond donors (Lipinski definition) is 0. The summed E-state index contributed by atoms with van der Waals surface area (Å²) in [5.41, 5.74) is 0.292. The Morgan fingerprint density at radius 1 is 1.40 bits per heavy atom. The third-order valence-electron chi connectivity index (χ3n) is 3.29. The maximum atomic E-state index is 12.9. The van der Waals surface area contributed by atoms with E-state index in [9.17, 15) is 14.0 Å². The topological polar surface area (TPSA) is 52.6 Å². The Balaban J connectivity index is 2.22. The fraction of sp³-hybridized carbons (Fsp3) is 0.467. The van der Waals surface area contributed by atoms with Gasteiger partial charge in [0.05, 0.1) is 12.7 Å². The highest BCUT2D eigenvalue weighted by Crippen LogP contribution is 2.25. The molecule has 2 unspecified atom stereocenters. The van der Waals surface area contributed by atoms with Gasteiger partial charge in [0.2, 0.25) is 0 Å². The fourth-order valence-electron chi connectivity index (χ4n) is 2.32. The lowest BCUT2D eigenvalue weighted by molar-refractivity contribution is -0.149. The van der Waals surface area contributed by atoms with Crippen LogP contribution < -0.4 is 0 Å². The Bertz CT molecular complexity index is 477. The third-order valence-corrected chi connectivity index (χ3v) is 3.29. The molecule has 0 bridgehead atoms. The second-order valence-corrected chi connectivity index (χ2v) is 4.65. The van der Waals surface area contributed by atoms with Crippen molar-refractivity contribution < 1.29 is 23.5 Å². The van der Waals surface area contributed by atoms with E-state index < -0.39 is 23.8 Å². The first-order valence-corrected chi connectivity index (χ1v) is 6.71. The van der Waals surface area contributed by atoms with Crippen molar-refractivity contribution in [3.63, 3.8) is 0 Å². The Hall–Kier alpha value is -1.75. The molecule has 2 atom stereocenters. The molecule has 4 nitrogen and oxygen atoms in total. The van der Waals surface area contributed by atoms with Gasteiger partial charge >= 0.3 is 5.97 Å².